The summed E-state index contributed by atoms with van der Waals surface area (Å²) >= 11 is 0. The van der Waals surface area contributed by atoms with E-state index in [2.05, 4.69) is 16.0 Å². The highest BCUT2D eigenvalue weighted by Gasteiger charge is 2.15. The Bertz CT molecular complexity index is 774. The molecule has 0 bridgehead atoms. The average Bonchev–Trinajstić information content (AvgIpc) is 2.69. The van der Waals surface area contributed by atoms with Crippen LogP contribution in [0.25, 0.3) is 0 Å². The lowest BCUT2D eigenvalue weighted by atomic mass is 9.99. The second-order valence-corrected chi connectivity index (χ2v) is 6.77. The molecule has 2 aromatic rings. The Morgan fingerprint density at radius 1 is 1.07 bits per heavy atom. The van der Waals surface area contributed by atoms with Gasteiger partial charge >= 0.3 is 0 Å². The van der Waals surface area contributed by atoms with E-state index in [4.69, 9.17) is 0 Å². The van der Waals surface area contributed by atoms with E-state index in [9.17, 15) is 9.59 Å². The molecule has 1 fully saturated rings. The van der Waals surface area contributed by atoms with E-state index in [1.54, 1.807) is 24.3 Å². The first-order valence-corrected chi connectivity index (χ1v) is 9.09. The third-order valence-corrected chi connectivity index (χ3v) is 4.73. The fourth-order valence-electron chi connectivity index (χ4n) is 3.12. The summed E-state index contributed by atoms with van der Waals surface area (Å²) in [6.07, 6.45) is 2.29. The number of rotatable bonds is 5. The lowest BCUT2D eigenvalue weighted by molar-refractivity contribution is 0.0943. The van der Waals surface area contributed by atoms with Gasteiger partial charge in [-0.05, 0) is 68.6 Å². The second-order valence-electron chi connectivity index (χ2n) is 6.77. The molecule has 5 nitrogen and oxygen atoms in total. The van der Waals surface area contributed by atoms with Crippen LogP contribution in [-0.4, -0.2) is 31.4 Å². The van der Waals surface area contributed by atoms with E-state index < -0.39 is 0 Å². The third-order valence-electron chi connectivity index (χ3n) is 4.73. The lowest BCUT2D eigenvalue weighted by Crippen LogP contribution is -2.38. The maximum atomic E-state index is 12.5. The molecule has 3 rings (SSSR count). The van der Waals surface area contributed by atoms with Crippen molar-refractivity contribution < 1.29 is 9.59 Å². The highest BCUT2D eigenvalue weighted by Crippen LogP contribution is 2.18. The Morgan fingerprint density at radius 2 is 1.85 bits per heavy atom. The van der Waals surface area contributed by atoms with Gasteiger partial charge in [0, 0.05) is 23.4 Å². The van der Waals surface area contributed by atoms with Crippen LogP contribution in [0.1, 0.15) is 39.1 Å². The molecule has 0 aromatic heterocycles. The summed E-state index contributed by atoms with van der Waals surface area (Å²) in [5.41, 5.74) is 2.72. The van der Waals surface area contributed by atoms with Crippen LogP contribution in [0.5, 0.6) is 0 Å². The molecule has 1 saturated heterocycles. The molecule has 2 amide bonds. The fourth-order valence-corrected chi connectivity index (χ4v) is 3.12. The van der Waals surface area contributed by atoms with E-state index >= 15 is 0 Å². The molecule has 0 spiro atoms. The topological polar surface area (TPSA) is 70.2 Å². The molecular weight excluding hydrogens is 362 g/mol. The summed E-state index contributed by atoms with van der Waals surface area (Å²) in [5, 5.41) is 9.26. The van der Waals surface area contributed by atoms with Gasteiger partial charge in [0.05, 0.1) is 0 Å². The fraction of sp³-hybridized carbons (Fsp3) is 0.333. The highest BCUT2D eigenvalue weighted by molar-refractivity contribution is 6.05. The van der Waals surface area contributed by atoms with Crippen molar-refractivity contribution in [3.05, 3.63) is 65.2 Å². The minimum atomic E-state index is -0.181. The Balaban J connectivity index is 0.00000261. The van der Waals surface area contributed by atoms with Crippen molar-refractivity contribution in [2.24, 2.45) is 5.92 Å². The lowest BCUT2D eigenvalue weighted by Gasteiger charge is -2.23. The Hall–Kier alpha value is -2.37. The molecular formula is C21H26ClN3O2. The maximum Gasteiger partial charge on any atom is 0.255 e. The van der Waals surface area contributed by atoms with E-state index in [1.807, 2.05) is 31.2 Å². The number of benzene rings is 2. The molecule has 6 heteroatoms. The minimum Gasteiger partial charge on any atom is -0.352 e. The van der Waals surface area contributed by atoms with E-state index in [0.29, 0.717) is 29.3 Å². The molecule has 0 radical (unpaired) electrons. The predicted octanol–water partition coefficient (Wildman–Crippen LogP) is 3.40. The molecule has 1 atom stereocenters. The quantitative estimate of drug-likeness (QED) is 0.736. The van der Waals surface area contributed by atoms with Crippen LogP contribution in [-0.2, 0) is 0 Å². The zero-order valence-corrected chi connectivity index (χ0v) is 16.3. The first kappa shape index (κ1) is 20.9. The van der Waals surface area contributed by atoms with Gasteiger partial charge in [0.2, 0.25) is 0 Å². The third kappa shape index (κ3) is 5.81. The van der Waals surface area contributed by atoms with Crippen molar-refractivity contribution in [2.75, 3.05) is 25.0 Å². The maximum absolute atomic E-state index is 12.5. The highest BCUT2D eigenvalue weighted by atomic mass is 35.5. The van der Waals surface area contributed by atoms with Crippen LogP contribution in [0.3, 0.4) is 0 Å². The normalized spacial score (nSPS) is 16.1. The first-order valence-electron chi connectivity index (χ1n) is 9.09. The van der Waals surface area contributed by atoms with Crippen molar-refractivity contribution in [1.82, 2.24) is 10.6 Å². The van der Waals surface area contributed by atoms with Crippen molar-refractivity contribution in [3.63, 3.8) is 0 Å². The monoisotopic (exact) mass is 387 g/mol. The molecule has 1 heterocycles. The Morgan fingerprint density at radius 3 is 2.56 bits per heavy atom. The number of nitrogens with one attached hydrogen (secondary N) is 3. The summed E-state index contributed by atoms with van der Waals surface area (Å²) in [6, 6.07) is 14.4. The SMILES string of the molecule is Cc1ccc(C(=O)NCC2CCCNC2)cc1NC(=O)c1ccccc1.Cl. The molecule has 27 heavy (non-hydrogen) atoms. The van der Waals surface area contributed by atoms with Gasteiger partial charge in [-0.25, -0.2) is 0 Å². The van der Waals surface area contributed by atoms with E-state index in [0.717, 1.165) is 31.5 Å². The predicted molar refractivity (Wildman–Crippen MR) is 111 cm³/mol. The van der Waals surface area contributed by atoms with E-state index in [1.165, 1.54) is 0 Å². The van der Waals surface area contributed by atoms with Gasteiger partial charge in [-0.2, -0.15) is 0 Å². The van der Waals surface area contributed by atoms with Crippen molar-refractivity contribution >= 4 is 29.9 Å². The van der Waals surface area contributed by atoms with Crippen molar-refractivity contribution in [1.29, 1.82) is 0 Å². The number of hydrogen-bond donors (Lipinski definition) is 3. The summed E-state index contributed by atoms with van der Waals surface area (Å²) in [5.74, 6) is 0.195. The Labute approximate surface area is 166 Å². The molecule has 1 aliphatic rings. The van der Waals surface area contributed by atoms with Gasteiger partial charge in [-0.3, -0.25) is 9.59 Å². The summed E-state index contributed by atoms with van der Waals surface area (Å²) in [4.78, 5) is 24.8. The molecule has 1 unspecified atom stereocenters. The summed E-state index contributed by atoms with van der Waals surface area (Å²) < 4.78 is 0. The number of halogens is 1. The Kier molecular flexibility index (Phi) is 7.82. The first-order chi connectivity index (χ1) is 12.6. The minimum absolute atomic E-state index is 0. The van der Waals surface area contributed by atoms with Crippen molar-refractivity contribution in [3.8, 4) is 0 Å². The van der Waals surface area contributed by atoms with Crippen LogP contribution in [0.15, 0.2) is 48.5 Å². The van der Waals surface area contributed by atoms with Gasteiger partial charge < -0.3 is 16.0 Å². The van der Waals surface area contributed by atoms with Gasteiger partial charge in [0.25, 0.3) is 11.8 Å². The molecule has 0 aliphatic carbocycles. The molecule has 0 saturated carbocycles. The number of aryl methyl sites for hydroxylation is 1. The zero-order chi connectivity index (χ0) is 18.4. The van der Waals surface area contributed by atoms with Crippen LogP contribution in [0.2, 0.25) is 0 Å². The molecule has 1 aliphatic heterocycles. The van der Waals surface area contributed by atoms with Crippen LogP contribution < -0.4 is 16.0 Å². The van der Waals surface area contributed by atoms with Crippen LogP contribution in [0, 0.1) is 12.8 Å². The van der Waals surface area contributed by atoms with Gasteiger partial charge in [-0.1, -0.05) is 24.3 Å². The average molecular weight is 388 g/mol. The second kappa shape index (κ2) is 10.1. The molecule has 144 valence electrons. The number of piperidine rings is 1. The van der Waals surface area contributed by atoms with Crippen molar-refractivity contribution in [2.45, 2.75) is 19.8 Å². The number of carbonyl (C=O) groups is 2. The number of hydrogen-bond acceptors (Lipinski definition) is 3. The van der Waals surface area contributed by atoms with Gasteiger partial charge in [0.1, 0.15) is 0 Å². The molecule has 2 aromatic carbocycles. The summed E-state index contributed by atoms with van der Waals surface area (Å²) in [6.45, 7) is 4.60. The summed E-state index contributed by atoms with van der Waals surface area (Å²) in [7, 11) is 0. The number of amides is 2. The van der Waals surface area contributed by atoms with Crippen LogP contribution in [0.4, 0.5) is 5.69 Å². The molecule has 3 N–H and O–H groups in total. The smallest absolute Gasteiger partial charge is 0.255 e. The number of anilines is 1. The standard InChI is InChI=1S/C21H25N3O2.ClH/c1-15-9-10-18(20(25)23-14-16-6-5-11-22-13-16)12-19(15)24-21(26)17-7-3-2-4-8-17;/h2-4,7-10,12,16,22H,5-6,11,13-14H2,1H3,(H,23,25)(H,24,26);1H. The van der Waals surface area contributed by atoms with Crippen LogP contribution >= 0.6 is 12.4 Å². The number of carbonyl (C=O) groups excluding carboxylic acids is 2. The van der Waals surface area contributed by atoms with Gasteiger partial charge in [-0.15, -0.1) is 12.4 Å². The van der Waals surface area contributed by atoms with E-state index in [-0.39, 0.29) is 24.2 Å². The van der Waals surface area contributed by atoms with Gasteiger partial charge in [0.15, 0.2) is 0 Å². The zero-order valence-electron chi connectivity index (χ0n) is 15.5. The largest absolute Gasteiger partial charge is 0.352 e.